The zero-order valence-electron chi connectivity index (χ0n) is 12.5. The number of benzene rings is 1. The quantitative estimate of drug-likeness (QED) is 0.689. The minimum Gasteiger partial charge on any atom is -0.495 e. The van der Waals surface area contributed by atoms with Crippen molar-refractivity contribution in [2.45, 2.75) is 0 Å². The van der Waals surface area contributed by atoms with Crippen LogP contribution in [0.1, 0.15) is 0 Å². The Labute approximate surface area is 151 Å². The number of halogens is 3. The van der Waals surface area contributed by atoms with Crippen LogP contribution in [-0.2, 0) is 0 Å². The molecule has 0 fully saturated rings. The van der Waals surface area contributed by atoms with E-state index in [2.05, 4.69) is 15.0 Å². The van der Waals surface area contributed by atoms with Gasteiger partial charge in [0, 0.05) is 23.2 Å². The van der Waals surface area contributed by atoms with Gasteiger partial charge in [-0.2, -0.15) is 0 Å². The lowest BCUT2D eigenvalue weighted by atomic mass is 10.1. The first-order valence-electron chi connectivity index (χ1n) is 6.62. The number of rotatable bonds is 3. The lowest BCUT2D eigenvalue weighted by molar-refractivity contribution is 0.395. The molecule has 1 N–H and O–H groups in total. The Kier molecular flexibility index (Phi) is 4.54. The lowest BCUT2D eigenvalue weighted by Crippen LogP contribution is -2.10. The van der Waals surface area contributed by atoms with Crippen molar-refractivity contribution in [2.24, 2.45) is 0 Å². The summed E-state index contributed by atoms with van der Waals surface area (Å²) in [7, 11) is 2.94. The van der Waals surface area contributed by atoms with Crippen LogP contribution in [0, 0.1) is 0 Å². The molecule has 9 heteroatoms. The fourth-order valence-corrected chi connectivity index (χ4v) is 3.12. The summed E-state index contributed by atoms with van der Waals surface area (Å²) in [6.07, 6.45) is 1.45. The number of aromatic nitrogens is 3. The molecule has 0 unspecified atom stereocenters. The molecule has 24 heavy (non-hydrogen) atoms. The van der Waals surface area contributed by atoms with Crippen LogP contribution in [0.15, 0.2) is 23.1 Å². The third-order valence-electron chi connectivity index (χ3n) is 3.39. The van der Waals surface area contributed by atoms with Gasteiger partial charge in [-0.25, -0.2) is 9.97 Å². The summed E-state index contributed by atoms with van der Waals surface area (Å²) < 4.78 is 10.5. The standard InChI is InChI=1S/C15H10Cl3N3O3/c1-23-8-4-9(24-2)12(17)10(11(8)16)7-3-6-5-19-15(18)21-13(6)14(22)20-7/h3-5H,1-2H3,(H,20,22). The van der Waals surface area contributed by atoms with Crippen molar-refractivity contribution in [1.29, 1.82) is 0 Å². The summed E-state index contributed by atoms with van der Waals surface area (Å²) in [4.78, 5) is 22.8. The SMILES string of the molecule is COc1cc(OC)c(Cl)c(-c2cc3cnc(Cl)nc3c(=O)[nH]2)c1Cl. The van der Waals surface area contributed by atoms with E-state index in [0.717, 1.165) is 0 Å². The third kappa shape index (κ3) is 2.77. The van der Waals surface area contributed by atoms with Gasteiger partial charge >= 0.3 is 0 Å². The van der Waals surface area contributed by atoms with Crippen molar-refractivity contribution in [2.75, 3.05) is 14.2 Å². The van der Waals surface area contributed by atoms with Crippen LogP contribution < -0.4 is 15.0 Å². The average Bonchev–Trinajstić information content (AvgIpc) is 2.56. The smallest absolute Gasteiger partial charge is 0.275 e. The van der Waals surface area contributed by atoms with Crippen LogP contribution in [0.3, 0.4) is 0 Å². The van der Waals surface area contributed by atoms with E-state index < -0.39 is 5.56 Å². The number of nitrogens with one attached hydrogen (secondary N) is 1. The Bertz CT molecular complexity index is 976. The van der Waals surface area contributed by atoms with Gasteiger partial charge in [0.15, 0.2) is 0 Å². The minimum atomic E-state index is -0.444. The number of ether oxygens (including phenoxy) is 2. The number of fused-ring (bicyclic) bond motifs is 1. The van der Waals surface area contributed by atoms with Crippen LogP contribution in [0.2, 0.25) is 15.3 Å². The zero-order valence-corrected chi connectivity index (χ0v) is 14.8. The van der Waals surface area contributed by atoms with Gasteiger partial charge in [0.1, 0.15) is 17.0 Å². The maximum absolute atomic E-state index is 12.3. The van der Waals surface area contributed by atoms with Gasteiger partial charge in [-0.15, -0.1) is 0 Å². The van der Waals surface area contributed by atoms with Crippen molar-refractivity contribution < 1.29 is 9.47 Å². The molecule has 2 heterocycles. The van der Waals surface area contributed by atoms with Gasteiger partial charge in [0.2, 0.25) is 5.28 Å². The Hall–Kier alpha value is -2.02. The number of hydrogen-bond acceptors (Lipinski definition) is 5. The summed E-state index contributed by atoms with van der Waals surface area (Å²) in [5, 5.41) is 0.966. The zero-order chi connectivity index (χ0) is 17.4. The van der Waals surface area contributed by atoms with Gasteiger partial charge in [0.25, 0.3) is 5.56 Å². The monoisotopic (exact) mass is 385 g/mol. The van der Waals surface area contributed by atoms with Gasteiger partial charge in [-0.3, -0.25) is 4.79 Å². The van der Waals surface area contributed by atoms with E-state index in [1.807, 2.05) is 0 Å². The molecule has 6 nitrogen and oxygen atoms in total. The highest BCUT2D eigenvalue weighted by Crippen LogP contribution is 2.45. The van der Waals surface area contributed by atoms with E-state index in [1.54, 1.807) is 12.1 Å². The molecule has 0 saturated heterocycles. The maximum atomic E-state index is 12.3. The fourth-order valence-electron chi connectivity index (χ4n) is 2.29. The Morgan fingerprint density at radius 3 is 2.25 bits per heavy atom. The van der Waals surface area contributed by atoms with E-state index >= 15 is 0 Å². The molecule has 3 aromatic rings. The molecule has 0 bridgehead atoms. The first-order valence-corrected chi connectivity index (χ1v) is 7.75. The Balaban J connectivity index is 2.35. The molecule has 0 amide bonds. The van der Waals surface area contributed by atoms with Gasteiger partial charge in [0.05, 0.1) is 30.0 Å². The van der Waals surface area contributed by atoms with E-state index in [9.17, 15) is 4.79 Å². The summed E-state index contributed by atoms with van der Waals surface area (Å²) in [6.45, 7) is 0. The number of methoxy groups -OCH3 is 2. The van der Waals surface area contributed by atoms with Crippen LogP contribution in [-0.4, -0.2) is 29.2 Å². The number of aromatic amines is 1. The van der Waals surface area contributed by atoms with E-state index in [-0.39, 0.29) is 20.8 Å². The van der Waals surface area contributed by atoms with Crippen molar-refractivity contribution >= 4 is 45.7 Å². The number of hydrogen-bond donors (Lipinski definition) is 1. The minimum absolute atomic E-state index is 0.0140. The highest BCUT2D eigenvalue weighted by molar-refractivity contribution is 6.41. The molecule has 0 saturated carbocycles. The second-order valence-electron chi connectivity index (χ2n) is 4.74. The predicted octanol–water partition coefficient (Wildman–Crippen LogP) is 3.96. The molecule has 0 spiro atoms. The summed E-state index contributed by atoms with van der Waals surface area (Å²) in [5.41, 5.74) is 0.482. The van der Waals surface area contributed by atoms with Crippen LogP contribution in [0.4, 0.5) is 0 Å². The molecular weight excluding hydrogens is 377 g/mol. The maximum Gasteiger partial charge on any atom is 0.275 e. The van der Waals surface area contributed by atoms with Gasteiger partial charge in [-0.1, -0.05) is 23.2 Å². The molecule has 0 aliphatic carbocycles. The second kappa shape index (κ2) is 6.47. The Morgan fingerprint density at radius 1 is 1.04 bits per heavy atom. The summed E-state index contributed by atoms with van der Waals surface area (Å²) in [6, 6.07) is 3.22. The van der Waals surface area contributed by atoms with Crippen molar-refractivity contribution in [3.63, 3.8) is 0 Å². The molecular formula is C15H10Cl3N3O3. The highest BCUT2D eigenvalue weighted by atomic mass is 35.5. The number of H-pyrrole nitrogens is 1. The Morgan fingerprint density at radius 2 is 1.67 bits per heavy atom. The predicted molar refractivity (Wildman–Crippen MR) is 93.7 cm³/mol. The highest BCUT2D eigenvalue weighted by Gasteiger charge is 2.20. The van der Waals surface area contributed by atoms with E-state index in [1.165, 1.54) is 20.4 Å². The van der Waals surface area contributed by atoms with E-state index in [4.69, 9.17) is 44.3 Å². The largest absolute Gasteiger partial charge is 0.495 e. The molecule has 124 valence electrons. The van der Waals surface area contributed by atoms with Crippen LogP contribution >= 0.6 is 34.8 Å². The molecule has 0 radical (unpaired) electrons. The van der Waals surface area contributed by atoms with Crippen molar-refractivity contribution in [1.82, 2.24) is 15.0 Å². The third-order valence-corrected chi connectivity index (χ3v) is 4.33. The van der Waals surface area contributed by atoms with Crippen LogP contribution in [0.5, 0.6) is 11.5 Å². The second-order valence-corrected chi connectivity index (χ2v) is 5.83. The summed E-state index contributed by atoms with van der Waals surface area (Å²) >= 11 is 18.5. The molecule has 0 aliphatic heterocycles. The molecule has 0 atom stereocenters. The van der Waals surface area contributed by atoms with Crippen molar-refractivity contribution in [3.8, 4) is 22.8 Å². The fraction of sp³-hybridized carbons (Fsp3) is 0.133. The number of pyridine rings is 1. The van der Waals surface area contributed by atoms with Gasteiger partial charge in [-0.05, 0) is 17.7 Å². The topological polar surface area (TPSA) is 77.1 Å². The first kappa shape index (κ1) is 16.8. The molecule has 1 aromatic carbocycles. The number of nitrogens with zero attached hydrogens (tertiary/aromatic N) is 2. The summed E-state index contributed by atoms with van der Waals surface area (Å²) in [5.74, 6) is 0.724. The van der Waals surface area contributed by atoms with Gasteiger partial charge < -0.3 is 14.5 Å². The van der Waals surface area contributed by atoms with E-state index in [0.29, 0.717) is 28.1 Å². The van der Waals surface area contributed by atoms with Crippen molar-refractivity contribution in [3.05, 3.63) is 44.0 Å². The molecule has 2 aromatic heterocycles. The normalized spacial score (nSPS) is 10.9. The molecule has 0 aliphatic rings. The molecule has 3 rings (SSSR count). The van der Waals surface area contributed by atoms with Crippen LogP contribution in [0.25, 0.3) is 22.2 Å². The first-order chi connectivity index (χ1) is 11.5. The lowest BCUT2D eigenvalue weighted by Gasteiger charge is -2.14. The average molecular weight is 387 g/mol.